The van der Waals surface area contributed by atoms with E-state index in [1.165, 1.54) is 32.4 Å². The molecule has 0 saturated carbocycles. The van der Waals surface area contributed by atoms with Crippen molar-refractivity contribution in [3.63, 3.8) is 0 Å². The summed E-state index contributed by atoms with van der Waals surface area (Å²) in [5, 5.41) is 5.45. The van der Waals surface area contributed by atoms with E-state index in [2.05, 4.69) is 92.6 Å². The van der Waals surface area contributed by atoms with Crippen molar-refractivity contribution in [2.45, 2.75) is 46.2 Å². The summed E-state index contributed by atoms with van der Waals surface area (Å²) < 4.78 is 0. The van der Waals surface area contributed by atoms with E-state index in [-0.39, 0.29) is 0 Å². The number of hydrogen-bond donors (Lipinski definition) is 0. The Hall–Kier alpha value is -1.79. The number of hydrogen-bond acceptors (Lipinski definition) is 2. The Bertz CT molecular complexity index is 935. The molecule has 0 spiro atoms. The van der Waals surface area contributed by atoms with Crippen LogP contribution in [0.4, 0.5) is 0 Å². The molecule has 0 atom stereocenters. The summed E-state index contributed by atoms with van der Waals surface area (Å²) in [5.41, 5.74) is 3.57. The van der Waals surface area contributed by atoms with Crippen LogP contribution in [-0.2, 0) is 0 Å². The summed E-state index contributed by atoms with van der Waals surface area (Å²) in [6.45, 7) is 16.4. The summed E-state index contributed by atoms with van der Waals surface area (Å²) >= 11 is 0. The van der Waals surface area contributed by atoms with E-state index in [0.717, 1.165) is 5.69 Å². The average Bonchev–Trinajstić information content (AvgIpc) is 2.52. The van der Waals surface area contributed by atoms with Crippen LogP contribution in [0, 0.1) is 6.92 Å². The number of benzene rings is 2. The summed E-state index contributed by atoms with van der Waals surface area (Å²) in [5.74, 6) is 0. The first-order chi connectivity index (χ1) is 11.6. The lowest BCUT2D eigenvalue weighted by atomic mass is 10.0. The molecule has 0 unspecified atom stereocenters. The number of nitrogens with zero attached hydrogens (tertiary/aromatic N) is 2. The normalized spacial score (nSPS) is 12.6. The lowest BCUT2D eigenvalue weighted by Gasteiger charge is -2.21. The highest BCUT2D eigenvalue weighted by atomic mass is 28.3. The topological polar surface area (TPSA) is 25.8 Å². The van der Waals surface area contributed by atoms with Gasteiger partial charge in [0, 0.05) is 10.9 Å². The van der Waals surface area contributed by atoms with E-state index in [1.54, 1.807) is 6.33 Å². The molecule has 0 amide bonds. The van der Waals surface area contributed by atoms with E-state index in [0.29, 0.717) is 0 Å². The smallest absolute Gasteiger partial charge is 0.115 e. The lowest BCUT2D eigenvalue weighted by Crippen LogP contribution is -2.40. The molecule has 2 nitrogen and oxygen atoms in total. The van der Waals surface area contributed by atoms with Crippen LogP contribution in [0.2, 0.25) is 39.3 Å². The monoisotopic (exact) mass is 364 g/mol. The van der Waals surface area contributed by atoms with Gasteiger partial charge in [-0.2, -0.15) is 0 Å². The van der Waals surface area contributed by atoms with Gasteiger partial charge in [-0.25, -0.2) is 9.97 Å². The fraction of sp³-hybridized carbons (Fsp3) is 0.333. The van der Waals surface area contributed by atoms with Crippen LogP contribution in [0.15, 0.2) is 42.7 Å². The standard InChI is InChI=1S/C21H28N2Si2/c1-15-8-9-18-16(10-15)11-17(12-20(18)24(2,3)4)19-13-21(23-14-22-19)25(5,6)7/h8-14H,1-7H3. The van der Waals surface area contributed by atoms with Gasteiger partial charge in [-0.05, 0) is 29.8 Å². The molecule has 1 heterocycles. The Morgan fingerprint density at radius 1 is 0.760 bits per heavy atom. The number of fused-ring (bicyclic) bond motifs is 1. The Balaban J connectivity index is 2.27. The molecule has 0 aliphatic rings. The molecular weight excluding hydrogens is 336 g/mol. The van der Waals surface area contributed by atoms with Crippen molar-refractivity contribution in [3.8, 4) is 11.3 Å². The maximum Gasteiger partial charge on any atom is 0.115 e. The van der Waals surface area contributed by atoms with Crippen molar-refractivity contribution in [1.82, 2.24) is 9.97 Å². The van der Waals surface area contributed by atoms with Gasteiger partial charge in [0.15, 0.2) is 0 Å². The van der Waals surface area contributed by atoms with E-state index < -0.39 is 16.1 Å². The first-order valence-electron chi connectivity index (χ1n) is 8.93. The molecule has 0 radical (unpaired) electrons. The van der Waals surface area contributed by atoms with E-state index in [4.69, 9.17) is 0 Å². The summed E-state index contributed by atoms with van der Waals surface area (Å²) in [7, 11) is -2.92. The zero-order chi connectivity index (χ0) is 18.4. The Labute approximate surface area is 153 Å². The summed E-state index contributed by atoms with van der Waals surface area (Å²) in [4.78, 5) is 9.15. The molecule has 3 aromatic rings. The molecule has 3 rings (SSSR count). The fourth-order valence-electron chi connectivity index (χ4n) is 3.18. The van der Waals surface area contributed by atoms with Gasteiger partial charge in [0.25, 0.3) is 0 Å². The lowest BCUT2D eigenvalue weighted by molar-refractivity contribution is 1.19. The van der Waals surface area contributed by atoms with Crippen LogP contribution < -0.4 is 10.5 Å². The van der Waals surface area contributed by atoms with Crippen LogP contribution in [0.5, 0.6) is 0 Å². The third kappa shape index (κ3) is 3.75. The highest BCUT2D eigenvalue weighted by molar-refractivity contribution is 6.90. The molecule has 2 aromatic carbocycles. The SMILES string of the molecule is Cc1ccc2c([Si](C)(C)C)cc(-c3cc([Si](C)(C)C)ncn3)cc2c1. The zero-order valence-electron chi connectivity index (χ0n) is 16.4. The average molecular weight is 365 g/mol. The third-order valence-corrected chi connectivity index (χ3v) is 8.49. The maximum absolute atomic E-state index is 4.60. The van der Waals surface area contributed by atoms with E-state index >= 15 is 0 Å². The Kier molecular flexibility index (Phi) is 4.46. The first-order valence-corrected chi connectivity index (χ1v) is 15.9. The minimum Gasteiger partial charge on any atom is -0.246 e. The van der Waals surface area contributed by atoms with Gasteiger partial charge in [0.2, 0.25) is 0 Å². The molecule has 0 aliphatic carbocycles. The second-order valence-electron chi connectivity index (χ2n) is 9.04. The summed E-state index contributed by atoms with van der Waals surface area (Å²) in [6, 6.07) is 13.7. The molecule has 4 heteroatoms. The molecule has 0 aliphatic heterocycles. The van der Waals surface area contributed by atoms with Crippen LogP contribution in [0.3, 0.4) is 0 Å². The minimum atomic E-state index is -1.46. The Morgan fingerprint density at radius 3 is 2.12 bits per heavy atom. The second-order valence-corrected chi connectivity index (χ2v) is 19.1. The minimum absolute atomic E-state index is 1.05. The molecule has 1 aromatic heterocycles. The van der Waals surface area contributed by atoms with E-state index in [9.17, 15) is 0 Å². The molecule has 0 bridgehead atoms. The van der Waals surface area contributed by atoms with Crippen molar-refractivity contribution < 1.29 is 0 Å². The molecule has 25 heavy (non-hydrogen) atoms. The Morgan fingerprint density at radius 2 is 1.48 bits per heavy atom. The van der Waals surface area contributed by atoms with Gasteiger partial charge in [-0.1, -0.05) is 74.3 Å². The second kappa shape index (κ2) is 6.18. The summed E-state index contributed by atoms with van der Waals surface area (Å²) in [6.07, 6.45) is 1.73. The highest BCUT2D eigenvalue weighted by Gasteiger charge is 2.22. The van der Waals surface area contributed by atoms with Crippen molar-refractivity contribution >= 4 is 37.4 Å². The quantitative estimate of drug-likeness (QED) is 0.630. The molecule has 0 saturated heterocycles. The van der Waals surface area contributed by atoms with E-state index in [1.807, 2.05) is 0 Å². The van der Waals surface area contributed by atoms with Crippen LogP contribution >= 0.6 is 0 Å². The van der Waals surface area contributed by atoms with Crippen molar-refractivity contribution in [2.24, 2.45) is 0 Å². The number of aryl methyl sites for hydroxylation is 1. The predicted octanol–water partition coefficient (Wildman–Crippen LogP) is 4.70. The highest BCUT2D eigenvalue weighted by Crippen LogP contribution is 2.25. The van der Waals surface area contributed by atoms with Crippen molar-refractivity contribution in [3.05, 3.63) is 48.3 Å². The van der Waals surface area contributed by atoms with Gasteiger partial charge in [-0.3, -0.25) is 0 Å². The van der Waals surface area contributed by atoms with Gasteiger partial charge >= 0.3 is 0 Å². The predicted molar refractivity (Wildman–Crippen MR) is 116 cm³/mol. The first kappa shape index (κ1) is 18.0. The largest absolute Gasteiger partial charge is 0.246 e. The zero-order valence-corrected chi connectivity index (χ0v) is 18.4. The van der Waals surface area contributed by atoms with Crippen molar-refractivity contribution in [1.29, 1.82) is 0 Å². The molecule has 130 valence electrons. The van der Waals surface area contributed by atoms with Gasteiger partial charge < -0.3 is 0 Å². The van der Waals surface area contributed by atoms with Crippen LogP contribution in [0.25, 0.3) is 22.0 Å². The van der Waals surface area contributed by atoms with Crippen molar-refractivity contribution in [2.75, 3.05) is 0 Å². The molecule has 0 N–H and O–H groups in total. The van der Waals surface area contributed by atoms with Gasteiger partial charge in [0.1, 0.15) is 14.4 Å². The third-order valence-electron chi connectivity index (χ3n) is 4.65. The maximum atomic E-state index is 4.60. The molecule has 0 fully saturated rings. The molecular formula is C21H28N2Si2. The van der Waals surface area contributed by atoms with Crippen LogP contribution in [0.1, 0.15) is 5.56 Å². The fourth-order valence-corrected chi connectivity index (χ4v) is 5.82. The van der Waals surface area contributed by atoms with Gasteiger partial charge in [-0.15, -0.1) is 0 Å². The number of aromatic nitrogens is 2. The van der Waals surface area contributed by atoms with Gasteiger partial charge in [0.05, 0.1) is 13.8 Å². The van der Waals surface area contributed by atoms with Crippen LogP contribution in [-0.4, -0.2) is 26.1 Å². The number of rotatable bonds is 3.